The lowest BCUT2D eigenvalue weighted by atomic mass is 10.7. The number of carbonyl (C=O) groups is 1. The van der Waals surface area contributed by atoms with E-state index in [0.29, 0.717) is 0 Å². The molecular weight excluding hydrogens is 213 g/mol. The summed E-state index contributed by atoms with van der Waals surface area (Å²) in [7, 11) is 1.00. The second-order valence-electron chi connectivity index (χ2n) is 1.54. The van der Waals surface area contributed by atoms with Crippen molar-refractivity contribution in [2.24, 2.45) is 0 Å². The quantitative estimate of drug-likeness (QED) is 0.577. The van der Waals surface area contributed by atoms with Gasteiger partial charge in [-0.25, -0.2) is 4.79 Å². The fraction of sp³-hybridized carbons (Fsp3) is 0.800. The van der Waals surface area contributed by atoms with Crippen molar-refractivity contribution < 1.29 is 32.7 Å². The fourth-order valence-electron chi connectivity index (χ4n) is 0. The molecule has 2 N–H and O–H groups in total. The van der Waals surface area contributed by atoms with Gasteiger partial charge in [0.05, 0.1) is 12.5 Å². The van der Waals surface area contributed by atoms with Crippen LogP contribution in [0.25, 0.3) is 0 Å². The van der Waals surface area contributed by atoms with Gasteiger partial charge in [0.25, 0.3) is 0 Å². The van der Waals surface area contributed by atoms with Crippen LogP contribution in [0, 0.1) is 0 Å². The Labute approximate surface area is 76.6 Å². The van der Waals surface area contributed by atoms with E-state index >= 15 is 0 Å². The number of carboxylic acids is 1. The first-order valence-electron chi connectivity index (χ1n) is 2.68. The molecule has 0 fully saturated rings. The second-order valence-corrected chi connectivity index (χ2v) is 3.03. The Morgan fingerprint density at radius 3 is 1.38 bits per heavy atom. The molecule has 0 heterocycles. The summed E-state index contributed by atoms with van der Waals surface area (Å²) in [6.45, 7) is 0. The summed E-state index contributed by atoms with van der Waals surface area (Å²) in [6, 6.07) is 0. The van der Waals surface area contributed by atoms with Gasteiger partial charge in [-0.3, -0.25) is 0 Å². The zero-order valence-electron chi connectivity index (χ0n) is 7.25. The third-order valence-electron chi connectivity index (χ3n) is 0.243. The Balaban J connectivity index is -0.000000142. The Morgan fingerprint density at radius 1 is 1.31 bits per heavy atom. The lowest BCUT2D eigenvalue weighted by molar-refractivity contribution is -0.192. The van der Waals surface area contributed by atoms with E-state index in [9.17, 15) is 17.7 Å². The normalized spacial score (nSPS) is 9.31. The number of aliphatic carboxylic acids is 1. The molecule has 0 spiro atoms. The van der Waals surface area contributed by atoms with Crippen molar-refractivity contribution in [1.82, 2.24) is 0 Å². The van der Waals surface area contributed by atoms with Crippen LogP contribution in [-0.2, 0) is 16.0 Å². The van der Waals surface area contributed by atoms with Gasteiger partial charge in [-0.05, 0) is 0 Å². The fourth-order valence-corrected chi connectivity index (χ4v) is 0. The lowest BCUT2D eigenvalue weighted by Gasteiger charge is -1.93. The van der Waals surface area contributed by atoms with Gasteiger partial charge >= 0.3 is 12.1 Å². The minimum atomic E-state index is -5.08. The van der Waals surface area contributed by atoms with E-state index in [2.05, 4.69) is 0 Å². The number of hydrogen-bond acceptors (Lipinski definition) is 3. The number of aliphatic hydroxyl groups excluding tert-OH is 1. The molecule has 13 heavy (non-hydrogen) atoms. The van der Waals surface area contributed by atoms with Gasteiger partial charge < -0.3 is 14.8 Å². The molecule has 0 aromatic rings. The van der Waals surface area contributed by atoms with Gasteiger partial charge in [0, 0.05) is 7.11 Å². The van der Waals surface area contributed by atoms with Crippen LogP contribution in [0.4, 0.5) is 13.2 Å². The van der Waals surface area contributed by atoms with Crippen molar-refractivity contribution in [3.05, 3.63) is 0 Å². The largest absolute Gasteiger partial charge is 0.617 e. The van der Waals surface area contributed by atoms with Crippen molar-refractivity contribution in [2.75, 3.05) is 19.6 Å². The maximum atomic E-state index is 10.6. The molecule has 8 heteroatoms. The number of carboxylic acid groups (broad SMARTS) is 1. The van der Waals surface area contributed by atoms with Gasteiger partial charge in [-0.15, -0.1) is 0 Å². The Morgan fingerprint density at radius 2 is 1.38 bits per heavy atom. The summed E-state index contributed by atoms with van der Waals surface area (Å²) in [5, 5.41) is 14.1. The zero-order chi connectivity index (χ0) is 11.7. The first kappa shape index (κ1) is 18.3. The van der Waals surface area contributed by atoms with Gasteiger partial charge in [0.15, 0.2) is 0 Å². The molecule has 0 bridgehead atoms. The van der Waals surface area contributed by atoms with Crippen molar-refractivity contribution >= 4 is 17.1 Å². The van der Waals surface area contributed by atoms with Crippen LogP contribution in [0.1, 0.15) is 0 Å². The first-order chi connectivity index (χ1) is 5.68. The molecule has 0 aliphatic rings. The van der Waals surface area contributed by atoms with Crippen LogP contribution in [0.5, 0.6) is 0 Å². The first-order valence-corrected chi connectivity index (χ1v) is 4.64. The van der Waals surface area contributed by atoms with Gasteiger partial charge in [-0.2, -0.15) is 13.2 Å². The molecule has 4 nitrogen and oxygen atoms in total. The molecular formula is C5H11F3O4S. The standard InChI is InChI=1S/C2HF3O2.C2H6OS.CH4O/c3-2(4,5)1(6)7;1-4(2)3;1-2/h(H,6,7);1-2H3;2H,1H3. The monoisotopic (exact) mass is 224 g/mol. The molecule has 0 saturated carbocycles. The number of halogens is 3. The van der Waals surface area contributed by atoms with E-state index in [4.69, 9.17) is 15.0 Å². The highest BCUT2D eigenvalue weighted by Gasteiger charge is 2.38. The molecule has 0 aliphatic heterocycles. The number of aliphatic hydroxyl groups is 1. The molecule has 82 valence electrons. The molecule has 0 atom stereocenters. The van der Waals surface area contributed by atoms with Gasteiger partial charge in [0.2, 0.25) is 0 Å². The number of hydrogen-bond donors (Lipinski definition) is 2. The molecule has 0 aliphatic carbocycles. The van der Waals surface area contributed by atoms with Gasteiger partial charge in [-0.1, -0.05) is 11.2 Å². The zero-order valence-corrected chi connectivity index (χ0v) is 8.07. The van der Waals surface area contributed by atoms with Gasteiger partial charge in [0.1, 0.15) is 0 Å². The van der Waals surface area contributed by atoms with Crippen LogP contribution in [0.15, 0.2) is 0 Å². The van der Waals surface area contributed by atoms with Crippen LogP contribution in [0.2, 0.25) is 0 Å². The average molecular weight is 224 g/mol. The topological polar surface area (TPSA) is 80.6 Å². The molecule has 0 unspecified atom stereocenters. The smallest absolute Gasteiger partial charge is 0.490 e. The van der Waals surface area contributed by atoms with Crippen molar-refractivity contribution in [3.8, 4) is 0 Å². The van der Waals surface area contributed by atoms with E-state index < -0.39 is 23.3 Å². The molecule has 0 saturated heterocycles. The third-order valence-corrected chi connectivity index (χ3v) is 0.243. The molecule has 0 amide bonds. The second kappa shape index (κ2) is 9.62. The maximum absolute atomic E-state index is 10.6. The van der Waals surface area contributed by atoms with Crippen LogP contribution in [-0.4, -0.2) is 46.5 Å². The highest BCUT2D eigenvalue weighted by molar-refractivity contribution is 7.89. The summed E-state index contributed by atoms with van der Waals surface area (Å²) in [4.78, 5) is 8.90. The van der Waals surface area contributed by atoms with Crippen LogP contribution >= 0.6 is 0 Å². The summed E-state index contributed by atoms with van der Waals surface area (Å²) in [6.07, 6.45) is -1.81. The Bertz CT molecular complexity index is 123. The van der Waals surface area contributed by atoms with Crippen molar-refractivity contribution in [1.29, 1.82) is 0 Å². The summed E-state index contributed by atoms with van der Waals surface area (Å²) < 4.78 is 41.3. The third kappa shape index (κ3) is 34.2. The van der Waals surface area contributed by atoms with E-state index in [-0.39, 0.29) is 0 Å². The van der Waals surface area contributed by atoms with E-state index in [1.54, 1.807) is 12.5 Å². The molecule has 0 aromatic heterocycles. The van der Waals surface area contributed by atoms with E-state index in [1.807, 2.05) is 0 Å². The lowest BCUT2D eigenvalue weighted by Crippen LogP contribution is -2.21. The highest BCUT2D eigenvalue weighted by atomic mass is 32.2. The van der Waals surface area contributed by atoms with Crippen LogP contribution < -0.4 is 0 Å². The summed E-state index contributed by atoms with van der Waals surface area (Å²) >= 11 is -0.611. The van der Waals surface area contributed by atoms with E-state index in [0.717, 1.165) is 7.11 Å². The Hall–Kier alpha value is -0.470. The average Bonchev–Trinajstić information content (AvgIpc) is 1.88. The van der Waals surface area contributed by atoms with Crippen LogP contribution in [0.3, 0.4) is 0 Å². The number of rotatable bonds is 0. The maximum Gasteiger partial charge on any atom is 0.490 e. The summed E-state index contributed by atoms with van der Waals surface area (Å²) in [5.74, 6) is -2.76. The molecule has 0 rings (SSSR count). The summed E-state index contributed by atoms with van der Waals surface area (Å²) in [5.41, 5.74) is 0. The Kier molecular flexibility index (Phi) is 13.6. The SMILES string of the molecule is CO.C[S+](C)[O-].O=C(O)C(F)(F)F. The minimum absolute atomic E-state index is 0.611. The van der Waals surface area contributed by atoms with E-state index in [1.165, 1.54) is 0 Å². The van der Waals surface area contributed by atoms with Crippen molar-refractivity contribution in [2.45, 2.75) is 6.18 Å². The minimum Gasteiger partial charge on any atom is -0.617 e. The number of alkyl halides is 3. The highest BCUT2D eigenvalue weighted by Crippen LogP contribution is 2.13. The van der Waals surface area contributed by atoms with Crippen molar-refractivity contribution in [3.63, 3.8) is 0 Å². The predicted molar refractivity (Wildman–Crippen MR) is 41.8 cm³/mol. The molecule has 0 aromatic carbocycles. The molecule has 0 radical (unpaired) electrons. The predicted octanol–water partition coefficient (Wildman–Crippen LogP) is 0.236.